The van der Waals surface area contributed by atoms with E-state index in [-0.39, 0.29) is 5.91 Å². The Balaban J connectivity index is 1.55. The van der Waals surface area contributed by atoms with Crippen LogP contribution in [0.5, 0.6) is 0 Å². The van der Waals surface area contributed by atoms with Crippen LogP contribution in [0.4, 0.5) is 0 Å². The highest BCUT2D eigenvalue weighted by Gasteiger charge is 2.09. The number of nitrogens with zero attached hydrogens (tertiary/aromatic N) is 2. The van der Waals surface area contributed by atoms with E-state index < -0.39 is 0 Å². The molecule has 0 radical (unpaired) electrons. The molecule has 5 nitrogen and oxygen atoms in total. The van der Waals surface area contributed by atoms with Crippen LogP contribution in [0.25, 0.3) is 11.4 Å². The smallest absolute Gasteiger partial charge is 0.251 e. The molecule has 6 heteroatoms. The van der Waals surface area contributed by atoms with Crippen molar-refractivity contribution in [3.63, 3.8) is 0 Å². The third-order valence-electron chi connectivity index (χ3n) is 3.21. The number of carbonyl (C=O) groups excluding carboxylic acids is 1. The molecule has 2 aromatic carbocycles. The molecular formula is C17H14ClN3O2. The number of hydrogen-bond donors (Lipinski definition) is 1. The molecule has 0 fully saturated rings. The summed E-state index contributed by atoms with van der Waals surface area (Å²) in [6, 6.07) is 16.4. The summed E-state index contributed by atoms with van der Waals surface area (Å²) in [5, 5.41) is 7.27. The number of rotatable bonds is 5. The Morgan fingerprint density at radius 2 is 1.96 bits per heavy atom. The fourth-order valence-electron chi connectivity index (χ4n) is 2.08. The van der Waals surface area contributed by atoms with Crippen LogP contribution in [0, 0.1) is 0 Å². The molecule has 0 atom stereocenters. The summed E-state index contributed by atoms with van der Waals surface area (Å²) in [4.78, 5) is 16.3. The number of amides is 1. The largest absolute Gasteiger partial charge is 0.352 e. The molecule has 0 bridgehead atoms. The molecule has 1 N–H and O–H groups in total. The molecular weight excluding hydrogens is 314 g/mol. The highest BCUT2D eigenvalue weighted by molar-refractivity contribution is 6.30. The van der Waals surface area contributed by atoms with Crippen LogP contribution in [0.1, 0.15) is 16.2 Å². The van der Waals surface area contributed by atoms with E-state index in [1.54, 1.807) is 24.3 Å². The lowest BCUT2D eigenvalue weighted by molar-refractivity contribution is 0.0953. The monoisotopic (exact) mass is 327 g/mol. The molecule has 0 saturated heterocycles. The van der Waals surface area contributed by atoms with E-state index in [0.29, 0.717) is 35.3 Å². The molecule has 0 aliphatic rings. The van der Waals surface area contributed by atoms with Gasteiger partial charge < -0.3 is 9.84 Å². The maximum Gasteiger partial charge on any atom is 0.251 e. The van der Waals surface area contributed by atoms with Gasteiger partial charge in [-0.05, 0) is 18.2 Å². The predicted molar refractivity (Wildman–Crippen MR) is 87.2 cm³/mol. The van der Waals surface area contributed by atoms with E-state index in [9.17, 15) is 4.79 Å². The van der Waals surface area contributed by atoms with Crippen molar-refractivity contribution in [2.75, 3.05) is 6.54 Å². The van der Waals surface area contributed by atoms with Crippen molar-refractivity contribution in [2.24, 2.45) is 0 Å². The van der Waals surface area contributed by atoms with Crippen LogP contribution in [0.3, 0.4) is 0 Å². The maximum absolute atomic E-state index is 12.0. The van der Waals surface area contributed by atoms with Gasteiger partial charge in [0.1, 0.15) is 0 Å². The SMILES string of the molecule is O=C(NCCc1nc(-c2ccccc2)no1)c1cccc(Cl)c1. The van der Waals surface area contributed by atoms with Gasteiger partial charge in [0.25, 0.3) is 5.91 Å². The molecule has 3 aromatic rings. The molecule has 0 saturated carbocycles. The number of carbonyl (C=O) groups is 1. The number of halogens is 1. The molecule has 0 spiro atoms. The number of aromatic nitrogens is 2. The molecule has 3 rings (SSSR count). The van der Waals surface area contributed by atoms with Crippen LogP contribution >= 0.6 is 11.6 Å². The number of hydrogen-bond acceptors (Lipinski definition) is 4. The summed E-state index contributed by atoms with van der Waals surface area (Å²) in [6.07, 6.45) is 0.464. The minimum absolute atomic E-state index is 0.185. The van der Waals surface area contributed by atoms with Crippen LogP contribution < -0.4 is 5.32 Å². The second-order valence-corrected chi connectivity index (χ2v) is 5.33. The summed E-state index contributed by atoms with van der Waals surface area (Å²) in [7, 11) is 0. The van der Waals surface area contributed by atoms with Crippen molar-refractivity contribution < 1.29 is 9.32 Å². The van der Waals surface area contributed by atoms with E-state index in [1.807, 2.05) is 30.3 Å². The molecule has 116 valence electrons. The first-order valence-corrected chi connectivity index (χ1v) is 7.52. The molecule has 0 aliphatic heterocycles. The predicted octanol–water partition coefficient (Wildman–Crippen LogP) is 3.36. The van der Waals surface area contributed by atoms with Gasteiger partial charge in [-0.25, -0.2) is 0 Å². The first-order valence-electron chi connectivity index (χ1n) is 7.14. The number of nitrogens with one attached hydrogen (secondary N) is 1. The van der Waals surface area contributed by atoms with Crippen molar-refractivity contribution >= 4 is 17.5 Å². The lowest BCUT2D eigenvalue weighted by atomic mass is 10.2. The Labute approximate surface area is 138 Å². The highest BCUT2D eigenvalue weighted by Crippen LogP contribution is 2.15. The zero-order valence-corrected chi connectivity index (χ0v) is 13.0. The second-order valence-electron chi connectivity index (χ2n) is 4.89. The van der Waals surface area contributed by atoms with Crippen molar-refractivity contribution in [3.05, 3.63) is 71.1 Å². The van der Waals surface area contributed by atoms with Gasteiger partial charge >= 0.3 is 0 Å². The van der Waals surface area contributed by atoms with Gasteiger partial charge in [-0.1, -0.05) is 53.2 Å². The van der Waals surface area contributed by atoms with Gasteiger partial charge in [0.2, 0.25) is 11.7 Å². The van der Waals surface area contributed by atoms with Crippen molar-refractivity contribution in [1.82, 2.24) is 15.5 Å². The van der Waals surface area contributed by atoms with Gasteiger partial charge in [-0.15, -0.1) is 0 Å². The van der Waals surface area contributed by atoms with E-state index in [1.165, 1.54) is 0 Å². The Morgan fingerprint density at radius 3 is 2.74 bits per heavy atom. The molecule has 1 aromatic heterocycles. The topological polar surface area (TPSA) is 68.0 Å². The summed E-state index contributed by atoms with van der Waals surface area (Å²) in [5.41, 5.74) is 1.42. The van der Waals surface area contributed by atoms with E-state index in [2.05, 4.69) is 15.5 Å². The fraction of sp³-hybridized carbons (Fsp3) is 0.118. The Kier molecular flexibility index (Phi) is 4.68. The van der Waals surface area contributed by atoms with Crippen LogP contribution in [-0.4, -0.2) is 22.6 Å². The van der Waals surface area contributed by atoms with Gasteiger partial charge in [0, 0.05) is 29.1 Å². The fourth-order valence-corrected chi connectivity index (χ4v) is 2.27. The molecule has 0 unspecified atom stereocenters. The van der Waals surface area contributed by atoms with Gasteiger partial charge in [-0.2, -0.15) is 4.98 Å². The minimum Gasteiger partial charge on any atom is -0.352 e. The minimum atomic E-state index is -0.185. The zero-order valence-electron chi connectivity index (χ0n) is 12.2. The summed E-state index contributed by atoms with van der Waals surface area (Å²) < 4.78 is 5.19. The summed E-state index contributed by atoms with van der Waals surface area (Å²) in [5.74, 6) is 0.840. The average molecular weight is 328 g/mol. The highest BCUT2D eigenvalue weighted by atomic mass is 35.5. The van der Waals surface area contributed by atoms with Crippen molar-refractivity contribution in [1.29, 1.82) is 0 Å². The molecule has 23 heavy (non-hydrogen) atoms. The van der Waals surface area contributed by atoms with Crippen molar-refractivity contribution in [2.45, 2.75) is 6.42 Å². The van der Waals surface area contributed by atoms with E-state index in [0.717, 1.165) is 5.56 Å². The van der Waals surface area contributed by atoms with Crippen LogP contribution in [0.2, 0.25) is 5.02 Å². The molecule has 1 heterocycles. The maximum atomic E-state index is 12.0. The lowest BCUT2D eigenvalue weighted by Gasteiger charge is -2.03. The van der Waals surface area contributed by atoms with E-state index >= 15 is 0 Å². The summed E-state index contributed by atoms with van der Waals surface area (Å²) >= 11 is 5.87. The normalized spacial score (nSPS) is 10.5. The molecule has 0 aliphatic carbocycles. The third kappa shape index (κ3) is 3.96. The average Bonchev–Trinajstić information content (AvgIpc) is 3.04. The number of benzene rings is 2. The first-order chi connectivity index (χ1) is 11.2. The van der Waals surface area contributed by atoms with Gasteiger partial charge in [-0.3, -0.25) is 4.79 Å². The molecule has 1 amide bonds. The van der Waals surface area contributed by atoms with Gasteiger partial charge in [0.05, 0.1) is 0 Å². The van der Waals surface area contributed by atoms with Crippen LogP contribution in [-0.2, 0) is 6.42 Å². The zero-order chi connectivity index (χ0) is 16.1. The van der Waals surface area contributed by atoms with E-state index in [4.69, 9.17) is 16.1 Å². The first kappa shape index (κ1) is 15.2. The van der Waals surface area contributed by atoms with Crippen molar-refractivity contribution in [3.8, 4) is 11.4 Å². The Morgan fingerprint density at radius 1 is 1.13 bits per heavy atom. The lowest BCUT2D eigenvalue weighted by Crippen LogP contribution is -2.25. The third-order valence-corrected chi connectivity index (χ3v) is 3.45. The second kappa shape index (κ2) is 7.07. The standard InChI is InChI=1S/C17H14ClN3O2/c18-14-8-4-7-13(11-14)17(22)19-10-9-15-20-16(21-23-15)12-5-2-1-3-6-12/h1-8,11H,9-10H2,(H,19,22). The Hall–Kier alpha value is -2.66. The van der Waals surface area contributed by atoms with Crippen LogP contribution in [0.15, 0.2) is 59.1 Å². The Bertz CT molecular complexity index is 802. The quantitative estimate of drug-likeness (QED) is 0.780. The van der Waals surface area contributed by atoms with Gasteiger partial charge in [0.15, 0.2) is 0 Å². The summed E-state index contributed by atoms with van der Waals surface area (Å²) in [6.45, 7) is 0.405.